The van der Waals surface area contributed by atoms with Crippen molar-refractivity contribution >= 4 is 0 Å². The molecule has 0 aliphatic heterocycles. The van der Waals surface area contributed by atoms with Crippen LogP contribution in [0.1, 0.15) is 64.3 Å². The van der Waals surface area contributed by atoms with Gasteiger partial charge in [-0.25, -0.2) is 0 Å². The van der Waals surface area contributed by atoms with E-state index in [1.165, 1.54) is 19.2 Å². The van der Waals surface area contributed by atoms with Crippen LogP contribution >= 0.6 is 0 Å². The van der Waals surface area contributed by atoms with Crippen molar-refractivity contribution in [1.82, 2.24) is 0 Å². The molecule has 0 radical (unpaired) electrons. The Labute approximate surface area is 130 Å². The number of aliphatic hydroxyl groups is 1. The van der Waals surface area contributed by atoms with Crippen LogP contribution in [0.4, 0.5) is 13.2 Å². The molecule has 0 amide bonds. The van der Waals surface area contributed by atoms with E-state index in [4.69, 9.17) is 4.74 Å². The van der Waals surface area contributed by atoms with Gasteiger partial charge in [0.1, 0.15) is 5.75 Å². The zero-order chi connectivity index (χ0) is 17.5. The number of hydrogen-bond acceptors (Lipinski definition) is 2. The topological polar surface area (TPSA) is 29.5 Å². The predicted octanol–water partition coefficient (Wildman–Crippen LogP) is 4.89. The standard InChI is InChI=1S/C17H25F3O2/c1-15(2,3)11-8-10(14(21)17(18,19)20)9-12(13(11)22-7)16(4,5)6/h8-9,14,21H,1-7H3. The quantitative estimate of drug-likeness (QED) is 0.841. The van der Waals surface area contributed by atoms with Crippen molar-refractivity contribution in [2.45, 2.75) is 64.7 Å². The molecule has 0 aliphatic rings. The summed E-state index contributed by atoms with van der Waals surface area (Å²) in [7, 11) is 1.51. The minimum atomic E-state index is -4.70. The molecule has 0 aromatic heterocycles. The van der Waals surface area contributed by atoms with Crippen molar-refractivity contribution in [2.24, 2.45) is 0 Å². The Morgan fingerprint density at radius 2 is 1.27 bits per heavy atom. The molecule has 2 nitrogen and oxygen atoms in total. The smallest absolute Gasteiger partial charge is 0.418 e. The summed E-state index contributed by atoms with van der Waals surface area (Å²) in [6.45, 7) is 11.4. The van der Waals surface area contributed by atoms with E-state index >= 15 is 0 Å². The lowest BCUT2D eigenvalue weighted by Crippen LogP contribution is -2.24. The molecule has 1 atom stereocenters. The second-order valence-electron chi connectivity index (χ2n) is 7.59. The van der Waals surface area contributed by atoms with E-state index in [0.29, 0.717) is 16.9 Å². The average Bonchev–Trinajstić information content (AvgIpc) is 2.32. The highest BCUT2D eigenvalue weighted by Crippen LogP contribution is 2.43. The summed E-state index contributed by atoms with van der Waals surface area (Å²) < 4.78 is 44.2. The van der Waals surface area contributed by atoms with Crippen LogP contribution < -0.4 is 4.74 Å². The molecule has 1 rings (SSSR count). The minimum Gasteiger partial charge on any atom is -0.496 e. The molecule has 0 saturated heterocycles. The monoisotopic (exact) mass is 318 g/mol. The van der Waals surface area contributed by atoms with Gasteiger partial charge in [0.2, 0.25) is 0 Å². The third kappa shape index (κ3) is 3.94. The largest absolute Gasteiger partial charge is 0.496 e. The van der Waals surface area contributed by atoms with Gasteiger partial charge < -0.3 is 9.84 Å². The molecular formula is C17H25F3O2. The van der Waals surface area contributed by atoms with Gasteiger partial charge >= 0.3 is 6.18 Å². The van der Waals surface area contributed by atoms with Crippen LogP contribution in [-0.2, 0) is 10.8 Å². The second kappa shape index (κ2) is 5.76. The number of benzene rings is 1. The lowest BCUT2D eigenvalue weighted by molar-refractivity contribution is -0.206. The number of aliphatic hydroxyl groups excluding tert-OH is 1. The van der Waals surface area contributed by atoms with E-state index in [1.807, 2.05) is 41.5 Å². The van der Waals surface area contributed by atoms with Gasteiger partial charge in [-0.05, 0) is 28.5 Å². The minimum absolute atomic E-state index is 0.150. The summed E-state index contributed by atoms with van der Waals surface area (Å²) in [5.74, 6) is 0.582. The molecule has 0 fully saturated rings. The van der Waals surface area contributed by atoms with E-state index in [9.17, 15) is 18.3 Å². The summed E-state index contributed by atoms with van der Waals surface area (Å²) >= 11 is 0. The van der Waals surface area contributed by atoms with Gasteiger partial charge in [-0.15, -0.1) is 0 Å². The molecule has 1 aromatic carbocycles. The number of hydrogen-bond donors (Lipinski definition) is 1. The summed E-state index contributed by atoms with van der Waals surface area (Å²) in [6.07, 6.45) is -7.19. The van der Waals surface area contributed by atoms with Crippen LogP contribution in [0.2, 0.25) is 0 Å². The lowest BCUT2D eigenvalue weighted by Gasteiger charge is -2.31. The predicted molar refractivity (Wildman–Crippen MR) is 81.4 cm³/mol. The van der Waals surface area contributed by atoms with Crippen LogP contribution in [0.15, 0.2) is 12.1 Å². The van der Waals surface area contributed by atoms with Gasteiger partial charge in [-0.3, -0.25) is 0 Å². The van der Waals surface area contributed by atoms with Crippen molar-refractivity contribution in [3.05, 3.63) is 28.8 Å². The molecule has 22 heavy (non-hydrogen) atoms. The summed E-state index contributed by atoms with van der Waals surface area (Å²) in [6, 6.07) is 2.79. The molecule has 0 spiro atoms. The first-order valence-corrected chi connectivity index (χ1v) is 7.17. The van der Waals surface area contributed by atoms with Crippen LogP contribution in [0, 0.1) is 0 Å². The summed E-state index contributed by atoms with van der Waals surface area (Å²) in [4.78, 5) is 0. The first kappa shape index (κ1) is 18.8. The van der Waals surface area contributed by atoms with Crippen LogP contribution in [0.25, 0.3) is 0 Å². The van der Waals surface area contributed by atoms with Gasteiger partial charge in [0.25, 0.3) is 0 Å². The number of halogens is 3. The second-order valence-corrected chi connectivity index (χ2v) is 7.59. The van der Waals surface area contributed by atoms with E-state index in [0.717, 1.165) is 0 Å². The normalized spacial score (nSPS) is 14.9. The van der Waals surface area contributed by atoms with E-state index in [-0.39, 0.29) is 5.56 Å². The number of alkyl halides is 3. The van der Waals surface area contributed by atoms with Crippen molar-refractivity contribution in [1.29, 1.82) is 0 Å². The van der Waals surface area contributed by atoms with Gasteiger partial charge in [-0.1, -0.05) is 41.5 Å². The third-order valence-electron chi connectivity index (χ3n) is 3.56. The highest BCUT2D eigenvalue weighted by atomic mass is 19.4. The summed E-state index contributed by atoms with van der Waals surface area (Å²) in [5, 5.41) is 9.64. The molecule has 1 N–H and O–H groups in total. The number of methoxy groups -OCH3 is 1. The number of ether oxygens (including phenoxy) is 1. The zero-order valence-electron chi connectivity index (χ0n) is 14.2. The SMILES string of the molecule is COc1c(C(C)(C)C)cc(C(O)C(F)(F)F)cc1C(C)(C)C. The van der Waals surface area contributed by atoms with Crippen molar-refractivity contribution in [3.8, 4) is 5.75 Å². The van der Waals surface area contributed by atoms with E-state index < -0.39 is 23.1 Å². The molecule has 1 aromatic rings. The van der Waals surface area contributed by atoms with Gasteiger partial charge in [0.15, 0.2) is 6.10 Å². The molecular weight excluding hydrogens is 293 g/mol. The van der Waals surface area contributed by atoms with Crippen molar-refractivity contribution in [2.75, 3.05) is 7.11 Å². The molecule has 0 bridgehead atoms. The van der Waals surface area contributed by atoms with E-state index in [2.05, 4.69) is 0 Å². The molecule has 1 unspecified atom stereocenters. The van der Waals surface area contributed by atoms with Gasteiger partial charge in [0, 0.05) is 11.1 Å². The summed E-state index contributed by atoms with van der Waals surface area (Å²) in [5.41, 5.74) is 0.337. The van der Waals surface area contributed by atoms with Gasteiger partial charge in [0.05, 0.1) is 7.11 Å². The maximum absolute atomic E-state index is 12.9. The lowest BCUT2D eigenvalue weighted by atomic mass is 9.78. The van der Waals surface area contributed by atoms with Crippen LogP contribution in [0.3, 0.4) is 0 Å². The van der Waals surface area contributed by atoms with Gasteiger partial charge in [-0.2, -0.15) is 13.2 Å². The highest BCUT2D eigenvalue weighted by molar-refractivity contribution is 5.51. The fourth-order valence-electron chi connectivity index (χ4n) is 2.33. The van der Waals surface area contributed by atoms with Crippen molar-refractivity contribution < 1.29 is 23.0 Å². The fraction of sp³-hybridized carbons (Fsp3) is 0.647. The van der Waals surface area contributed by atoms with Crippen molar-refractivity contribution in [3.63, 3.8) is 0 Å². The first-order valence-electron chi connectivity index (χ1n) is 7.17. The first-order chi connectivity index (χ1) is 9.69. The Hall–Kier alpha value is -1.23. The fourth-order valence-corrected chi connectivity index (χ4v) is 2.33. The van der Waals surface area contributed by atoms with E-state index in [1.54, 1.807) is 0 Å². The maximum atomic E-state index is 12.9. The Morgan fingerprint density at radius 1 is 0.909 bits per heavy atom. The third-order valence-corrected chi connectivity index (χ3v) is 3.56. The van der Waals surface area contributed by atoms with Crippen LogP contribution in [0.5, 0.6) is 5.75 Å². The molecule has 0 aliphatic carbocycles. The molecule has 0 heterocycles. The number of rotatable bonds is 2. The average molecular weight is 318 g/mol. The Balaban J connectivity index is 3.71. The Morgan fingerprint density at radius 3 is 1.50 bits per heavy atom. The van der Waals surface area contributed by atoms with Crippen LogP contribution in [-0.4, -0.2) is 18.4 Å². The molecule has 126 valence electrons. The maximum Gasteiger partial charge on any atom is 0.418 e. The Kier molecular flexibility index (Phi) is 4.93. The Bertz CT molecular complexity index is 499. The highest BCUT2D eigenvalue weighted by Gasteiger charge is 2.41. The zero-order valence-corrected chi connectivity index (χ0v) is 14.2. The molecule has 0 saturated carbocycles. The molecule has 5 heteroatoms.